The van der Waals surface area contributed by atoms with Crippen LogP contribution in [0, 0.1) is 6.92 Å². The lowest BCUT2D eigenvalue weighted by Crippen LogP contribution is -2.44. The van der Waals surface area contributed by atoms with Gasteiger partial charge in [-0.2, -0.15) is 0 Å². The van der Waals surface area contributed by atoms with Gasteiger partial charge in [-0.25, -0.2) is 8.42 Å². The summed E-state index contributed by atoms with van der Waals surface area (Å²) in [5, 5.41) is 0. The highest BCUT2D eigenvalue weighted by Gasteiger charge is 2.33. The third-order valence-corrected chi connectivity index (χ3v) is 6.57. The minimum atomic E-state index is -3.70. The Morgan fingerprint density at radius 3 is 2.12 bits per heavy atom. The van der Waals surface area contributed by atoms with Crippen LogP contribution in [0.2, 0.25) is 13.1 Å². The Balaban J connectivity index is 2.27. The summed E-state index contributed by atoms with van der Waals surface area (Å²) in [6.07, 6.45) is 0. The van der Waals surface area contributed by atoms with Crippen LogP contribution in [-0.4, -0.2) is 22.6 Å². The maximum absolute atomic E-state index is 12.7. The number of rotatable bonds is 6. The van der Waals surface area contributed by atoms with Crippen molar-refractivity contribution >= 4 is 24.3 Å². The summed E-state index contributed by atoms with van der Waals surface area (Å²) in [5.74, 6) is 0.462. The second-order valence-corrected chi connectivity index (χ2v) is 12.5. The molecule has 0 atom stereocenters. The molecular formula is C19H27NO4SSi. The van der Waals surface area contributed by atoms with Gasteiger partial charge in [0.1, 0.15) is 5.75 Å². The van der Waals surface area contributed by atoms with Crippen molar-refractivity contribution in [3.8, 4) is 5.75 Å². The minimum Gasteiger partial charge on any atom is -0.519 e. The first kappa shape index (κ1) is 20.5. The van der Waals surface area contributed by atoms with E-state index in [0.29, 0.717) is 11.4 Å². The van der Waals surface area contributed by atoms with E-state index in [9.17, 15) is 8.42 Å². The molecule has 0 aliphatic rings. The number of aryl methyl sites for hydroxylation is 1. The number of sulfonamides is 1. The molecule has 0 unspecified atom stereocenters. The molecule has 0 bridgehead atoms. The van der Waals surface area contributed by atoms with E-state index in [1.54, 1.807) is 48.5 Å². The molecule has 0 radical (unpaired) electrons. The van der Waals surface area contributed by atoms with Gasteiger partial charge in [-0.3, -0.25) is 4.72 Å². The summed E-state index contributed by atoms with van der Waals surface area (Å²) in [7, 11) is -6.21. The molecule has 2 aromatic rings. The molecule has 0 aliphatic carbocycles. The van der Waals surface area contributed by atoms with Crippen molar-refractivity contribution < 1.29 is 17.3 Å². The first-order chi connectivity index (χ1) is 11.9. The minimum absolute atomic E-state index is 0.209. The highest BCUT2D eigenvalue weighted by molar-refractivity contribution is 7.92. The smallest absolute Gasteiger partial charge is 0.392 e. The van der Waals surface area contributed by atoms with Gasteiger partial charge in [-0.1, -0.05) is 29.8 Å². The van der Waals surface area contributed by atoms with Crippen molar-refractivity contribution in [1.82, 2.24) is 0 Å². The zero-order valence-electron chi connectivity index (χ0n) is 16.2. The molecule has 5 nitrogen and oxygen atoms in total. The molecule has 142 valence electrons. The molecular weight excluding hydrogens is 366 g/mol. The summed E-state index contributed by atoms with van der Waals surface area (Å²) >= 11 is 0. The van der Waals surface area contributed by atoms with Gasteiger partial charge in [0.2, 0.25) is 0 Å². The van der Waals surface area contributed by atoms with Crippen LogP contribution in [0.15, 0.2) is 53.4 Å². The van der Waals surface area contributed by atoms with Gasteiger partial charge in [0.15, 0.2) is 0 Å². The predicted octanol–water partition coefficient (Wildman–Crippen LogP) is 4.69. The van der Waals surface area contributed by atoms with E-state index in [-0.39, 0.29) is 10.5 Å². The van der Waals surface area contributed by atoms with Crippen LogP contribution < -0.4 is 9.15 Å². The molecule has 0 aromatic heterocycles. The Bertz CT molecular complexity index is 856. The Morgan fingerprint density at radius 1 is 0.962 bits per heavy atom. The fourth-order valence-electron chi connectivity index (χ4n) is 2.58. The van der Waals surface area contributed by atoms with Gasteiger partial charge in [-0.15, -0.1) is 0 Å². The number of nitrogens with one attached hydrogen (secondary N) is 1. The maximum Gasteiger partial charge on any atom is 0.392 e. The topological polar surface area (TPSA) is 64.6 Å². The van der Waals surface area contributed by atoms with Gasteiger partial charge >= 0.3 is 8.56 Å². The van der Waals surface area contributed by atoms with Crippen molar-refractivity contribution in [2.45, 2.75) is 51.3 Å². The van der Waals surface area contributed by atoms with Crippen LogP contribution in [-0.2, 0) is 14.4 Å². The Labute approximate surface area is 157 Å². The fourth-order valence-corrected chi connectivity index (χ4v) is 5.88. The molecule has 0 heterocycles. The summed E-state index contributed by atoms with van der Waals surface area (Å²) in [6, 6.07) is 13.7. The van der Waals surface area contributed by atoms with Crippen molar-refractivity contribution in [1.29, 1.82) is 0 Å². The third kappa shape index (κ3) is 5.86. The van der Waals surface area contributed by atoms with Crippen molar-refractivity contribution in [2.75, 3.05) is 4.72 Å². The van der Waals surface area contributed by atoms with E-state index in [1.807, 2.05) is 40.8 Å². The largest absolute Gasteiger partial charge is 0.519 e. The number of para-hydroxylation sites is 2. The predicted molar refractivity (Wildman–Crippen MR) is 107 cm³/mol. The molecule has 0 aliphatic heterocycles. The van der Waals surface area contributed by atoms with E-state index in [1.165, 1.54) is 0 Å². The third-order valence-electron chi connectivity index (χ3n) is 3.37. The monoisotopic (exact) mass is 393 g/mol. The number of hydrogen-bond donors (Lipinski definition) is 1. The first-order valence-electron chi connectivity index (χ1n) is 8.46. The van der Waals surface area contributed by atoms with Crippen molar-refractivity contribution in [3.05, 3.63) is 54.1 Å². The van der Waals surface area contributed by atoms with Gasteiger partial charge < -0.3 is 8.85 Å². The second kappa shape index (κ2) is 7.42. The van der Waals surface area contributed by atoms with Gasteiger partial charge in [0.05, 0.1) is 16.2 Å². The average molecular weight is 394 g/mol. The molecule has 0 amide bonds. The van der Waals surface area contributed by atoms with Crippen LogP contribution in [0.3, 0.4) is 0 Å². The van der Waals surface area contributed by atoms with Crippen LogP contribution in [0.4, 0.5) is 5.69 Å². The highest BCUT2D eigenvalue weighted by atomic mass is 32.2. The van der Waals surface area contributed by atoms with Crippen LogP contribution in [0.5, 0.6) is 5.75 Å². The lowest BCUT2D eigenvalue weighted by atomic mass is 10.2. The molecule has 2 rings (SSSR count). The zero-order chi connectivity index (χ0) is 19.6. The van der Waals surface area contributed by atoms with Gasteiger partial charge in [-0.05, 0) is 65.1 Å². The van der Waals surface area contributed by atoms with Gasteiger partial charge in [0.25, 0.3) is 10.0 Å². The molecule has 2 aromatic carbocycles. The normalized spacial score (nSPS) is 12.7. The van der Waals surface area contributed by atoms with Crippen molar-refractivity contribution in [3.63, 3.8) is 0 Å². The molecule has 26 heavy (non-hydrogen) atoms. The van der Waals surface area contributed by atoms with E-state index < -0.39 is 18.6 Å². The maximum atomic E-state index is 12.7. The molecule has 0 saturated carbocycles. The quantitative estimate of drug-likeness (QED) is 0.723. The molecule has 1 N–H and O–H groups in total. The number of anilines is 1. The van der Waals surface area contributed by atoms with Crippen LogP contribution in [0.1, 0.15) is 26.3 Å². The SMILES string of the molecule is Cc1ccc(S(=O)(=O)Nc2ccccc2O[Si](C)(C)OC(C)(C)C)cc1. The molecule has 0 saturated heterocycles. The average Bonchev–Trinajstić information content (AvgIpc) is 2.46. The second-order valence-electron chi connectivity index (χ2n) is 7.63. The summed E-state index contributed by atoms with van der Waals surface area (Å²) in [4.78, 5) is 0.209. The fraction of sp³-hybridized carbons (Fsp3) is 0.368. The lowest BCUT2D eigenvalue weighted by Gasteiger charge is -2.32. The highest BCUT2D eigenvalue weighted by Crippen LogP contribution is 2.30. The molecule has 7 heteroatoms. The zero-order valence-corrected chi connectivity index (χ0v) is 18.0. The van der Waals surface area contributed by atoms with E-state index in [2.05, 4.69) is 4.72 Å². The number of benzene rings is 2. The first-order valence-corrected chi connectivity index (χ1v) is 12.8. The van der Waals surface area contributed by atoms with E-state index in [0.717, 1.165) is 5.56 Å². The lowest BCUT2D eigenvalue weighted by molar-refractivity contribution is 0.0940. The summed E-state index contributed by atoms with van der Waals surface area (Å²) in [6.45, 7) is 11.7. The standard InChI is InChI=1S/C19H27NO4SSi/c1-15-11-13-16(14-12-15)25(21,22)20-17-9-7-8-10-18(17)23-26(5,6)24-19(2,3)4/h7-14,20H,1-6H3. The summed E-state index contributed by atoms with van der Waals surface area (Å²) in [5.41, 5.74) is 1.05. The van der Waals surface area contributed by atoms with E-state index in [4.69, 9.17) is 8.85 Å². The Morgan fingerprint density at radius 2 is 1.54 bits per heavy atom. The van der Waals surface area contributed by atoms with Crippen LogP contribution in [0.25, 0.3) is 0 Å². The molecule has 0 spiro atoms. The Hall–Kier alpha value is -1.83. The van der Waals surface area contributed by atoms with E-state index >= 15 is 0 Å². The number of hydrogen-bond acceptors (Lipinski definition) is 4. The van der Waals surface area contributed by atoms with Gasteiger partial charge in [0, 0.05) is 0 Å². The summed E-state index contributed by atoms with van der Waals surface area (Å²) < 4.78 is 40.1. The van der Waals surface area contributed by atoms with Crippen LogP contribution >= 0.6 is 0 Å². The Kier molecular flexibility index (Phi) is 5.84. The molecule has 0 fully saturated rings. The van der Waals surface area contributed by atoms with Crippen molar-refractivity contribution in [2.24, 2.45) is 0 Å².